The summed E-state index contributed by atoms with van der Waals surface area (Å²) in [4.78, 5) is 29.0. The summed E-state index contributed by atoms with van der Waals surface area (Å²) in [7, 11) is 1.75. The van der Waals surface area contributed by atoms with Crippen molar-refractivity contribution in [2.24, 2.45) is 17.6 Å². The summed E-state index contributed by atoms with van der Waals surface area (Å²) in [5.74, 6) is -0.130. The maximum Gasteiger partial charge on any atom is 0.238 e. The number of aromatic nitrogens is 4. The molecule has 9 nitrogen and oxygen atoms in total. The Kier molecular flexibility index (Phi) is 7.60. The first-order valence-corrected chi connectivity index (χ1v) is 12.6. The van der Waals surface area contributed by atoms with Crippen LogP contribution in [0.5, 0.6) is 0 Å². The van der Waals surface area contributed by atoms with Gasteiger partial charge in [-0.25, -0.2) is 4.68 Å². The molecule has 1 aromatic heterocycles. The average molecular weight is 468 g/mol. The van der Waals surface area contributed by atoms with Gasteiger partial charge in [0.15, 0.2) is 5.82 Å². The molecule has 2 aromatic rings. The molecule has 34 heavy (non-hydrogen) atoms. The van der Waals surface area contributed by atoms with Gasteiger partial charge in [0.25, 0.3) is 0 Å². The number of carbonyl (C=O) groups is 2. The van der Waals surface area contributed by atoms with E-state index in [1.807, 2.05) is 42.2 Å². The van der Waals surface area contributed by atoms with E-state index in [0.29, 0.717) is 25.3 Å². The molecule has 1 aromatic carbocycles. The van der Waals surface area contributed by atoms with E-state index < -0.39 is 17.4 Å². The number of nitrogens with one attached hydrogen (secondary N) is 1. The number of nitrogens with two attached hydrogens (primary N) is 1. The van der Waals surface area contributed by atoms with E-state index >= 15 is 0 Å². The van der Waals surface area contributed by atoms with Gasteiger partial charge < -0.3 is 16.0 Å². The predicted molar refractivity (Wildman–Crippen MR) is 128 cm³/mol. The highest BCUT2D eigenvalue weighted by molar-refractivity contribution is 5.93. The van der Waals surface area contributed by atoms with E-state index in [0.717, 1.165) is 44.1 Å². The van der Waals surface area contributed by atoms with Gasteiger partial charge in [0, 0.05) is 6.54 Å². The van der Waals surface area contributed by atoms with E-state index in [-0.39, 0.29) is 17.9 Å². The molecule has 2 amide bonds. The standard InChI is InChI=1S/C25H37N7O2/c1-3-25(27-2,24(26)34)21(19-13-8-5-9-14-19)23(33)31-16-10-15-20(31)22-28-29-30-32(22)17-18-11-6-4-7-12-18/h4,6-7,11-12,19-21,27H,3,5,8-10,13-17H2,1-2H3,(H2,26,34)/t20-,21+,25?/m0/s1. The highest BCUT2D eigenvalue weighted by atomic mass is 16.2. The lowest BCUT2D eigenvalue weighted by atomic mass is 9.68. The zero-order chi connectivity index (χ0) is 24.1. The van der Waals surface area contributed by atoms with Gasteiger partial charge >= 0.3 is 0 Å². The molecule has 1 saturated heterocycles. The summed E-state index contributed by atoms with van der Waals surface area (Å²) < 4.78 is 1.79. The summed E-state index contributed by atoms with van der Waals surface area (Å²) in [6, 6.07) is 9.83. The Bertz CT molecular complexity index is 967. The third-order valence-corrected chi connectivity index (χ3v) is 7.93. The highest BCUT2D eigenvalue weighted by Gasteiger charge is 2.52. The van der Waals surface area contributed by atoms with Crippen molar-refractivity contribution in [2.75, 3.05) is 13.6 Å². The minimum absolute atomic E-state index is 0.00124. The number of hydrogen-bond acceptors (Lipinski definition) is 6. The first-order valence-electron chi connectivity index (χ1n) is 12.6. The molecule has 0 radical (unpaired) electrons. The molecule has 184 valence electrons. The fourth-order valence-electron chi connectivity index (χ4n) is 6.08. The number of primary amides is 1. The van der Waals surface area contributed by atoms with Crippen LogP contribution in [0.2, 0.25) is 0 Å². The average Bonchev–Trinajstić information content (AvgIpc) is 3.52. The number of tetrazole rings is 1. The Morgan fingerprint density at radius 3 is 2.53 bits per heavy atom. The van der Waals surface area contributed by atoms with Gasteiger partial charge in [-0.3, -0.25) is 9.59 Å². The number of likely N-dealkylation sites (tertiary alicyclic amines) is 1. The molecule has 3 N–H and O–H groups in total. The maximum atomic E-state index is 14.3. The van der Waals surface area contributed by atoms with Crippen molar-refractivity contribution in [1.82, 2.24) is 30.4 Å². The number of amides is 2. The monoisotopic (exact) mass is 467 g/mol. The van der Waals surface area contributed by atoms with Crippen LogP contribution in [0.4, 0.5) is 0 Å². The first-order chi connectivity index (χ1) is 16.5. The molecule has 3 atom stereocenters. The Labute approximate surface area is 201 Å². The third kappa shape index (κ3) is 4.58. The molecule has 2 aliphatic rings. The molecule has 1 unspecified atom stereocenters. The molecular formula is C25H37N7O2. The number of nitrogens with zero attached hydrogens (tertiary/aromatic N) is 5. The summed E-state index contributed by atoms with van der Waals surface area (Å²) >= 11 is 0. The molecular weight excluding hydrogens is 430 g/mol. The van der Waals surface area contributed by atoms with Crippen LogP contribution >= 0.6 is 0 Å². The van der Waals surface area contributed by atoms with Crippen molar-refractivity contribution in [2.45, 2.75) is 76.4 Å². The molecule has 0 spiro atoms. The second-order valence-corrected chi connectivity index (χ2v) is 9.68. The summed E-state index contributed by atoms with van der Waals surface area (Å²) in [5.41, 5.74) is 6.00. The summed E-state index contributed by atoms with van der Waals surface area (Å²) in [6.07, 6.45) is 7.36. The zero-order valence-electron chi connectivity index (χ0n) is 20.3. The number of carbonyl (C=O) groups excluding carboxylic acids is 2. The third-order valence-electron chi connectivity index (χ3n) is 7.93. The number of likely N-dealkylation sites (N-methyl/N-ethyl adjacent to an activating group) is 1. The molecule has 4 rings (SSSR count). The van der Waals surface area contributed by atoms with Crippen LogP contribution in [-0.2, 0) is 16.1 Å². The minimum atomic E-state index is -1.07. The van der Waals surface area contributed by atoms with Crippen molar-refractivity contribution in [3.8, 4) is 0 Å². The van der Waals surface area contributed by atoms with E-state index in [9.17, 15) is 9.59 Å². The van der Waals surface area contributed by atoms with Gasteiger partial charge in [0.05, 0.1) is 18.5 Å². The van der Waals surface area contributed by atoms with E-state index in [1.165, 1.54) is 6.42 Å². The van der Waals surface area contributed by atoms with E-state index in [1.54, 1.807) is 11.7 Å². The normalized spacial score (nSPS) is 21.8. The van der Waals surface area contributed by atoms with Crippen LogP contribution < -0.4 is 11.1 Å². The van der Waals surface area contributed by atoms with Gasteiger partial charge in [-0.15, -0.1) is 5.10 Å². The molecule has 1 aliphatic heterocycles. The minimum Gasteiger partial charge on any atom is -0.368 e. The van der Waals surface area contributed by atoms with Gasteiger partial charge in [0.2, 0.25) is 11.8 Å². The van der Waals surface area contributed by atoms with Crippen LogP contribution in [0.1, 0.15) is 75.7 Å². The molecule has 0 bridgehead atoms. The van der Waals surface area contributed by atoms with Crippen molar-refractivity contribution >= 4 is 11.8 Å². The SMILES string of the molecule is CCC(NC)(C(N)=O)[C@@H](C(=O)N1CCC[C@H]1c1nnnn1Cc1ccccc1)C1CCCCC1. The second-order valence-electron chi connectivity index (χ2n) is 9.68. The van der Waals surface area contributed by atoms with E-state index in [2.05, 4.69) is 20.8 Å². The van der Waals surface area contributed by atoms with Crippen LogP contribution in [0.25, 0.3) is 0 Å². The van der Waals surface area contributed by atoms with Gasteiger partial charge in [-0.1, -0.05) is 56.5 Å². The van der Waals surface area contributed by atoms with Gasteiger partial charge in [0.1, 0.15) is 5.54 Å². The van der Waals surface area contributed by atoms with Gasteiger partial charge in [-0.05, 0) is 61.1 Å². The first kappa shape index (κ1) is 24.3. The molecule has 1 aliphatic carbocycles. The van der Waals surface area contributed by atoms with Crippen LogP contribution in [0.15, 0.2) is 30.3 Å². The van der Waals surface area contributed by atoms with Crippen molar-refractivity contribution in [3.63, 3.8) is 0 Å². The lowest BCUT2D eigenvalue weighted by Crippen LogP contribution is -2.64. The van der Waals surface area contributed by atoms with Crippen LogP contribution in [-0.4, -0.2) is 56.1 Å². The molecule has 1 saturated carbocycles. The van der Waals surface area contributed by atoms with E-state index in [4.69, 9.17) is 5.73 Å². The molecule has 2 heterocycles. The number of benzene rings is 1. The highest BCUT2D eigenvalue weighted by Crippen LogP contribution is 2.41. The van der Waals surface area contributed by atoms with Crippen LogP contribution in [0, 0.1) is 11.8 Å². The predicted octanol–water partition coefficient (Wildman–Crippen LogP) is 2.43. The Morgan fingerprint density at radius 2 is 1.88 bits per heavy atom. The Balaban J connectivity index is 1.65. The largest absolute Gasteiger partial charge is 0.368 e. The quantitative estimate of drug-likeness (QED) is 0.585. The Morgan fingerprint density at radius 1 is 1.15 bits per heavy atom. The maximum absolute atomic E-state index is 14.3. The van der Waals surface area contributed by atoms with Crippen molar-refractivity contribution in [3.05, 3.63) is 41.7 Å². The molecule has 9 heteroatoms. The fourth-order valence-corrected chi connectivity index (χ4v) is 6.08. The zero-order valence-corrected chi connectivity index (χ0v) is 20.3. The van der Waals surface area contributed by atoms with Crippen LogP contribution in [0.3, 0.4) is 0 Å². The lowest BCUT2D eigenvalue weighted by Gasteiger charge is -2.44. The second kappa shape index (κ2) is 10.6. The number of hydrogen-bond donors (Lipinski definition) is 2. The van der Waals surface area contributed by atoms with Crippen molar-refractivity contribution in [1.29, 1.82) is 0 Å². The summed E-state index contributed by atoms with van der Waals surface area (Å²) in [5, 5.41) is 15.7. The smallest absolute Gasteiger partial charge is 0.238 e. The number of rotatable bonds is 9. The van der Waals surface area contributed by atoms with Gasteiger partial charge in [-0.2, -0.15) is 0 Å². The topological polar surface area (TPSA) is 119 Å². The van der Waals surface area contributed by atoms with Crippen molar-refractivity contribution < 1.29 is 9.59 Å². The summed E-state index contributed by atoms with van der Waals surface area (Å²) in [6.45, 7) is 3.11. The Hall–Kier alpha value is -2.81. The fraction of sp³-hybridized carbons (Fsp3) is 0.640. The lowest BCUT2D eigenvalue weighted by molar-refractivity contribution is -0.148. The molecule has 2 fully saturated rings.